The summed E-state index contributed by atoms with van der Waals surface area (Å²) in [5, 5.41) is 0. The van der Waals surface area contributed by atoms with Crippen LogP contribution >= 0.6 is 0 Å². The van der Waals surface area contributed by atoms with Crippen LogP contribution in [0.1, 0.15) is 115 Å². The topological polar surface area (TPSA) is 72.7 Å². The second-order valence-corrected chi connectivity index (χ2v) is 6.12. The molecule has 2 atom stereocenters. The molecule has 0 amide bonds. The summed E-state index contributed by atoms with van der Waals surface area (Å²) in [7, 11) is 0. The molecule has 154 valence electrons. The highest BCUT2D eigenvalue weighted by atomic mass is 16.2. The second kappa shape index (κ2) is 7.20. The van der Waals surface area contributed by atoms with E-state index in [0.29, 0.717) is 6.92 Å². The lowest BCUT2D eigenvalue weighted by molar-refractivity contribution is 0.0863. The molecule has 2 fully saturated rings. The highest BCUT2D eigenvalue weighted by Crippen LogP contribution is 2.50. The Labute approximate surface area is 204 Å². The SMILES string of the molecule is [2H]C([2H])C1([2H])C([2H])([2H])C2([2H])C([2H])([2H])C(C)(c3nc4c([nH]3)c(=O)n(C([2H])([2H])C([2H])([2H])C([2H])([2H])[2H])c(=O)n4CC([2H])([2H])C([2H])([2H])[2H])C([2H])([2H])C([2H])(C1([2H])[2H])C2([2H])[2H]. The molecule has 2 aromatic heterocycles. The lowest BCUT2D eigenvalue weighted by Gasteiger charge is -2.46. The molecule has 0 spiro atoms. The number of aryl methyl sites for hydroxylation is 1. The molecule has 0 radical (unpaired) electrons. The Morgan fingerprint density at radius 2 is 2.00 bits per heavy atom. The van der Waals surface area contributed by atoms with Crippen molar-refractivity contribution in [3.63, 3.8) is 0 Å². The molecule has 2 saturated carbocycles. The summed E-state index contributed by atoms with van der Waals surface area (Å²) >= 11 is 0. The molecule has 6 nitrogen and oxygen atoms in total. The van der Waals surface area contributed by atoms with Crippen molar-refractivity contribution < 1.29 is 37.0 Å². The number of rotatable bonds is 5. The molecule has 1 N–H and O–H groups in total. The van der Waals surface area contributed by atoms with Crippen LogP contribution in [0.2, 0.25) is 0 Å². The van der Waals surface area contributed by atoms with Gasteiger partial charge in [-0.3, -0.25) is 13.9 Å². The lowest BCUT2D eigenvalue weighted by atomic mass is 9.59. The Kier molecular flexibility index (Phi) is 1.35. The monoisotopic (exact) mass is 413 g/mol. The molecule has 2 aliphatic rings. The third-order valence-corrected chi connectivity index (χ3v) is 4.18. The molecular weight excluding hydrogens is 352 g/mol. The van der Waals surface area contributed by atoms with Gasteiger partial charge in [-0.2, -0.15) is 0 Å². The van der Waals surface area contributed by atoms with E-state index in [4.69, 9.17) is 34.3 Å². The van der Waals surface area contributed by atoms with Crippen molar-refractivity contribution in [1.82, 2.24) is 19.1 Å². The van der Waals surface area contributed by atoms with E-state index in [0.717, 1.165) is 0 Å². The molecule has 2 aliphatic carbocycles. The molecule has 2 aromatic rings. The van der Waals surface area contributed by atoms with Crippen LogP contribution in [0.25, 0.3) is 11.2 Å². The number of aromatic nitrogens is 4. The van der Waals surface area contributed by atoms with Crippen LogP contribution < -0.4 is 11.2 Å². The fourth-order valence-corrected chi connectivity index (χ4v) is 2.99. The Balaban J connectivity index is 2.31. The Hall–Kier alpha value is -1.85. The number of fused-ring (bicyclic) bond motifs is 3. The zero-order chi connectivity index (χ0) is 43.7. The molecule has 6 heteroatoms. The van der Waals surface area contributed by atoms with E-state index in [2.05, 4.69) is 4.98 Å². The highest BCUT2D eigenvalue weighted by Gasteiger charge is 2.43. The van der Waals surface area contributed by atoms with Gasteiger partial charge in [-0.15, -0.1) is 0 Å². The van der Waals surface area contributed by atoms with Crippen LogP contribution in [0.4, 0.5) is 0 Å². The normalized spacial score (nSPS) is 63.7. The third-order valence-electron chi connectivity index (χ3n) is 4.18. The molecular formula is C22H34N4O2. The maximum atomic E-state index is 14.0. The average molecular weight is 414 g/mol. The first-order valence-electron chi connectivity index (χ1n) is 21.6. The summed E-state index contributed by atoms with van der Waals surface area (Å²) in [6.07, 6.45) is -29.2. The van der Waals surface area contributed by atoms with Gasteiger partial charge in [0.2, 0.25) is 0 Å². The summed E-state index contributed by atoms with van der Waals surface area (Å²) in [5.74, 6) is -14.2. The fourth-order valence-electron chi connectivity index (χ4n) is 2.99. The maximum absolute atomic E-state index is 14.0. The number of H-pyrrole nitrogens is 1. The zero-order valence-electron chi connectivity index (χ0n) is 41.4. The van der Waals surface area contributed by atoms with Crippen molar-refractivity contribution in [2.45, 2.75) is 90.6 Å². The number of nitrogens with one attached hydrogen (secondary N) is 1. The summed E-state index contributed by atoms with van der Waals surface area (Å²) in [6, 6.07) is 0. The molecule has 2 bridgehead atoms. The smallest absolute Gasteiger partial charge is 0.332 e. The molecule has 0 aliphatic heterocycles. The molecule has 0 aromatic carbocycles. The fraction of sp³-hybridized carbons (Fsp3) is 0.773. The minimum Gasteiger partial charge on any atom is -0.336 e. The standard InChI is InChI=1S/C22H34N4O2/c1-5-7-25-18-17(19(27)26(8-6-2)21(25)28)23-20(24-18)22(4)12-15-9-14(3)10-16(11-15)13-22/h14-16H,5-13H2,1-4H3,(H,23,24)/i1D3,2D3,3D2,5D2,6D2,8D2,9D2,10D2,11D2,12D2,13D2,14D,15D,16D. The van der Waals surface area contributed by atoms with E-state index in [1.807, 2.05) is 4.98 Å². The van der Waals surface area contributed by atoms with E-state index < -0.39 is 134 Å². The zero-order valence-corrected chi connectivity index (χ0v) is 14.4. The van der Waals surface area contributed by atoms with Gasteiger partial charge >= 0.3 is 5.69 Å². The quantitative estimate of drug-likeness (QED) is 0.810. The maximum Gasteiger partial charge on any atom is 0.332 e. The summed E-state index contributed by atoms with van der Waals surface area (Å²) in [5.41, 5.74) is -10.5. The van der Waals surface area contributed by atoms with Crippen molar-refractivity contribution in [3.05, 3.63) is 26.7 Å². The molecule has 4 rings (SSSR count). The molecule has 28 heavy (non-hydrogen) atoms. The predicted octanol–water partition coefficient (Wildman–Crippen LogP) is 3.81. The Bertz CT molecular complexity index is 1970. The van der Waals surface area contributed by atoms with Crippen molar-refractivity contribution in [2.24, 2.45) is 17.7 Å². The van der Waals surface area contributed by atoms with Crippen molar-refractivity contribution >= 4 is 11.2 Å². The minimum atomic E-state index is -4.37. The van der Waals surface area contributed by atoms with E-state index >= 15 is 0 Å². The first-order chi connectivity index (χ1) is 23.8. The third kappa shape index (κ3) is 3.15. The number of nitrogens with zero attached hydrogens (tertiary/aromatic N) is 3. The van der Waals surface area contributed by atoms with Gasteiger partial charge in [0.1, 0.15) is 11.3 Å². The van der Waals surface area contributed by atoms with Gasteiger partial charge in [0.05, 0.1) is 2.74 Å². The van der Waals surface area contributed by atoms with Crippen LogP contribution in [-0.4, -0.2) is 19.1 Å². The number of hydrogen-bond donors (Lipinski definition) is 1. The van der Waals surface area contributed by atoms with Gasteiger partial charge in [-0.25, -0.2) is 9.78 Å². The molecule has 2 heterocycles. The molecule has 2 unspecified atom stereocenters. The van der Waals surface area contributed by atoms with Crippen LogP contribution in [-0.2, 0) is 18.5 Å². The van der Waals surface area contributed by atoms with Gasteiger partial charge in [0.25, 0.3) is 5.56 Å². The lowest BCUT2D eigenvalue weighted by Crippen LogP contribution is -2.40. The largest absolute Gasteiger partial charge is 0.336 e. The number of aromatic amines is 1. The highest BCUT2D eigenvalue weighted by molar-refractivity contribution is 5.70. The average Bonchev–Trinajstić information content (AvgIpc) is 3.44. The van der Waals surface area contributed by atoms with E-state index in [-0.39, 0.29) is 4.57 Å². The van der Waals surface area contributed by atoms with Gasteiger partial charge in [-0.05, 0) is 62.3 Å². The van der Waals surface area contributed by atoms with E-state index in [1.165, 1.54) is 0 Å². The van der Waals surface area contributed by atoms with Crippen molar-refractivity contribution in [2.75, 3.05) is 0 Å². The predicted molar refractivity (Wildman–Crippen MR) is 112 cm³/mol. The van der Waals surface area contributed by atoms with Crippen LogP contribution in [0.15, 0.2) is 9.59 Å². The van der Waals surface area contributed by atoms with Gasteiger partial charge < -0.3 is 4.98 Å². The van der Waals surface area contributed by atoms with Gasteiger partial charge in [-0.1, -0.05) is 27.5 Å². The van der Waals surface area contributed by atoms with Crippen molar-refractivity contribution in [1.29, 1.82) is 0 Å². The number of imidazole rings is 1. The Morgan fingerprint density at radius 3 is 2.68 bits per heavy atom. The van der Waals surface area contributed by atoms with Crippen LogP contribution in [0.5, 0.6) is 0 Å². The van der Waals surface area contributed by atoms with Gasteiger partial charge in [0.15, 0.2) is 5.65 Å². The summed E-state index contributed by atoms with van der Waals surface area (Å²) in [4.78, 5) is 33.7. The first-order valence-corrected chi connectivity index (χ1v) is 7.93. The van der Waals surface area contributed by atoms with Gasteiger partial charge in [0, 0.05) is 52.7 Å². The van der Waals surface area contributed by atoms with Crippen molar-refractivity contribution in [3.8, 4) is 0 Å². The second-order valence-electron chi connectivity index (χ2n) is 6.12. The Morgan fingerprint density at radius 1 is 1.25 bits per heavy atom. The minimum absolute atomic E-state index is 0.112. The van der Waals surface area contributed by atoms with Crippen LogP contribution in [0, 0.1) is 17.7 Å². The molecule has 0 saturated heterocycles. The number of hydrogen-bond acceptors (Lipinski definition) is 3. The van der Waals surface area contributed by atoms with Crippen LogP contribution in [0.3, 0.4) is 0 Å². The summed E-state index contributed by atoms with van der Waals surface area (Å²) in [6.45, 7) is -16.2. The van der Waals surface area contributed by atoms with E-state index in [1.54, 1.807) is 0 Å². The first kappa shape index (κ1) is 5.25. The van der Waals surface area contributed by atoms with E-state index in [9.17, 15) is 12.3 Å². The summed E-state index contributed by atoms with van der Waals surface area (Å²) < 4.78 is 226.